The summed E-state index contributed by atoms with van der Waals surface area (Å²) < 4.78 is 23.0. The maximum atomic E-state index is 13.2. The SMILES string of the molecule is COCc1noc(-c2ccc(N)c(F)c2)n1. The van der Waals surface area contributed by atoms with Crippen LogP contribution in [0.2, 0.25) is 0 Å². The lowest BCUT2D eigenvalue weighted by Gasteiger charge is -1.97. The molecule has 0 amide bonds. The van der Waals surface area contributed by atoms with E-state index in [9.17, 15) is 4.39 Å². The van der Waals surface area contributed by atoms with E-state index in [-0.39, 0.29) is 18.2 Å². The highest BCUT2D eigenvalue weighted by Gasteiger charge is 2.10. The van der Waals surface area contributed by atoms with Gasteiger partial charge < -0.3 is 15.0 Å². The summed E-state index contributed by atoms with van der Waals surface area (Å²) in [5.74, 6) is 0.143. The molecule has 2 N–H and O–H groups in total. The minimum atomic E-state index is -0.510. The zero-order valence-electron chi connectivity index (χ0n) is 8.61. The summed E-state index contributed by atoms with van der Waals surface area (Å²) in [6.45, 7) is 0.251. The van der Waals surface area contributed by atoms with Crippen molar-refractivity contribution in [1.29, 1.82) is 0 Å². The van der Waals surface area contributed by atoms with Gasteiger partial charge in [0.05, 0.1) is 5.69 Å². The van der Waals surface area contributed by atoms with Crippen molar-refractivity contribution in [2.24, 2.45) is 0 Å². The van der Waals surface area contributed by atoms with E-state index in [1.807, 2.05) is 0 Å². The molecule has 0 aliphatic carbocycles. The molecule has 0 unspecified atom stereocenters. The molecule has 1 aromatic carbocycles. The average Bonchev–Trinajstić information content (AvgIpc) is 2.71. The second-order valence-electron chi connectivity index (χ2n) is 3.19. The fourth-order valence-electron chi connectivity index (χ4n) is 1.22. The van der Waals surface area contributed by atoms with Crippen molar-refractivity contribution in [3.05, 3.63) is 29.8 Å². The predicted octanol–water partition coefficient (Wildman–Crippen LogP) is 1.60. The average molecular weight is 223 g/mol. The summed E-state index contributed by atoms with van der Waals surface area (Å²) in [5, 5.41) is 3.67. The van der Waals surface area contributed by atoms with E-state index in [2.05, 4.69) is 10.1 Å². The smallest absolute Gasteiger partial charge is 0.258 e. The van der Waals surface area contributed by atoms with Gasteiger partial charge in [-0.25, -0.2) is 4.39 Å². The topological polar surface area (TPSA) is 74.2 Å². The lowest BCUT2D eigenvalue weighted by Crippen LogP contribution is -1.91. The maximum absolute atomic E-state index is 13.2. The number of nitrogen functional groups attached to an aromatic ring is 1. The van der Waals surface area contributed by atoms with Crippen LogP contribution in [0, 0.1) is 5.82 Å². The van der Waals surface area contributed by atoms with Gasteiger partial charge in [-0.05, 0) is 18.2 Å². The minimum Gasteiger partial charge on any atom is -0.396 e. The van der Waals surface area contributed by atoms with Crippen LogP contribution >= 0.6 is 0 Å². The molecule has 0 saturated heterocycles. The van der Waals surface area contributed by atoms with Crippen LogP contribution in [0.15, 0.2) is 22.7 Å². The van der Waals surface area contributed by atoms with Crippen molar-refractivity contribution in [2.45, 2.75) is 6.61 Å². The number of rotatable bonds is 3. The molecule has 84 valence electrons. The number of anilines is 1. The number of aromatic nitrogens is 2. The summed E-state index contributed by atoms with van der Waals surface area (Å²) in [4.78, 5) is 4.03. The molecule has 1 aromatic heterocycles. The number of nitrogens with two attached hydrogens (primary N) is 1. The van der Waals surface area contributed by atoms with Crippen LogP contribution in [0.1, 0.15) is 5.82 Å². The van der Waals surface area contributed by atoms with Gasteiger partial charge in [-0.2, -0.15) is 4.98 Å². The molecule has 0 aliphatic rings. The number of methoxy groups -OCH3 is 1. The van der Waals surface area contributed by atoms with E-state index in [4.69, 9.17) is 15.0 Å². The van der Waals surface area contributed by atoms with Crippen LogP contribution in [-0.4, -0.2) is 17.3 Å². The summed E-state index contributed by atoms with van der Waals surface area (Å²) in [7, 11) is 1.53. The van der Waals surface area contributed by atoms with Gasteiger partial charge in [0, 0.05) is 12.7 Å². The van der Waals surface area contributed by atoms with Gasteiger partial charge in [-0.1, -0.05) is 5.16 Å². The zero-order valence-corrected chi connectivity index (χ0v) is 8.61. The van der Waals surface area contributed by atoms with Crippen molar-refractivity contribution < 1.29 is 13.7 Å². The number of hydrogen-bond acceptors (Lipinski definition) is 5. The molecule has 16 heavy (non-hydrogen) atoms. The quantitative estimate of drug-likeness (QED) is 0.800. The molecule has 0 fully saturated rings. The Morgan fingerprint density at radius 2 is 2.31 bits per heavy atom. The monoisotopic (exact) mass is 223 g/mol. The van der Waals surface area contributed by atoms with Gasteiger partial charge in [0.25, 0.3) is 5.89 Å². The predicted molar refractivity (Wildman–Crippen MR) is 54.8 cm³/mol. The summed E-state index contributed by atoms with van der Waals surface area (Å²) >= 11 is 0. The van der Waals surface area contributed by atoms with E-state index >= 15 is 0 Å². The van der Waals surface area contributed by atoms with Crippen molar-refractivity contribution in [3.63, 3.8) is 0 Å². The first-order valence-electron chi connectivity index (χ1n) is 4.57. The van der Waals surface area contributed by atoms with Crippen LogP contribution in [0.25, 0.3) is 11.5 Å². The van der Waals surface area contributed by atoms with Gasteiger partial charge in [-0.15, -0.1) is 0 Å². The lowest BCUT2D eigenvalue weighted by atomic mass is 10.2. The molecule has 2 aromatic rings. The molecular weight excluding hydrogens is 213 g/mol. The fraction of sp³-hybridized carbons (Fsp3) is 0.200. The summed E-state index contributed by atoms with van der Waals surface area (Å²) in [6, 6.07) is 4.31. The van der Waals surface area contributed by atoms with E-state index < -0.39 is 5.82 Å². The molecule has 0 radical (unpaired) electrons. The summed E-state index contributed by atoms with van der Waals surface area (Å²) in [5.41, 5.74) is 5.93. The molecule has 2 rings (SSSR count). The minimum absolute atomic E-state index is 0.0837. The standard InChI is InChI=1S/C10H10FN3O2/c1-15-5-9-13-10(16-14-9)6-2-3-8(12)7(11)4-6/h2-4H,5,12H2,1H3. The molecule has 1 heterocycles. The van der Waals surface area contributed by atoms with E-state index in [0.717, 1.165) is 0 Å². The Hall–Kier alpha value is -1.95. The molecule has 0 bridgehead atoms. The Bertz CT molecular complexity index is 499. The van der Waals surface area contributed by atoms with Gasteiger partial charge in [0.2, 0.25) is 0 Å². The Labute approximate surface area is 91.0 Å². The second kappa shape index (κ2) is 4.28. The zero-order chi connectivity index (χ0) is 11.5. The van der Waals surface area contributed by atoms with Crippen LogP contribution in [0.3, 0.4) is 0 Å². The van der Waals surface area contributed by atoms with Crippen molar-refractivity contribution >= 4 is 5.69 Å². The molecule has 5 nitrogen and oxygen atoms in total. The normalized spacial score (nSPS) is 10.6. The third-order valence-electron chi connectivity index (χ3n) is 1.99. The van der Waals surface area contributed by atoms with Crippen molar-refractivity contribution in [1.82, 2.24) is 10.1 Å². The Morgan fingerprint density at radius 3 is 3.00 bits per heavy atom. The third kappa shape index (κ3) is 2.01. The van der Waals surface area contributed by atoms with Crippen molar-refractivity contribution in [3.8, 4) is 11.5 Å². The van der Waals surface area contributed by atoms with Crippen LogP contribution in [0.5, 0.6) is 0 Å². The molecule has 0 aliphatic heterocycles. The van der Waals surface area contributed by atoms with Gasteiger partial charge in [0.15, 0.2) is 5.82 Å². The number of nitrogens with zero attached hydrogens (tertiary/aromatic N) is 2. The first kappa shape index (κ1) is 10.6. The Balaban J connectivity index is 2.31. The Kier molecular flexibility index (Phi) is 2.82. The Morgan fingerprint density at radius 1 is 1.50 bits per heavy atom. The number of ether oxygens (including phenoxy) is 1. The van der Waals surface area contributed by atoms with E-state index in [0.29, 0.717) is 11.4 Å². The second-order valence-corrected chi connectivity index (χ2v) is 3.19. The fourth-order valence-corrected chi connectivity index (χ4v) is 1.22. The maximum Gasteiger partial charge on any atom is 0.258 e. The number of halogens is 1. The first-order valence-corrected chi connectivity index (χ1v) is 4.57. The molecular formula is C10H10FN3O2. The number of benzene rings is 1. The molecule has 0 spiro atoms. The van der Waals surface area contributed by atoms with Gasteiger partial charge >= 0.3 is 0 Å². The van der Waals surface area contributed by atoms with Crippen LogP contribution in [0.4, 0.5) is 10.1 Å². The highest BCUT2D eigenvalue weighted by molar-refractivity contribution is 5.57. The molecule has 0 saturated carbocycles. The van der Waals surface area contributed by atoms with Crippen LogP contribution < -0.4 is 5.73 Å². The van der Waals surface area contributed by atoms with Gasteiger partial charge in [-0.3, -0.25) is 0 Å². The molecule has 0 atom stereocenters. The third-order valence-corrected chi connectivity index (χ3v) is 1.99. The first-order chi connectivity index (χ1) is 7.70. The van der Waals surface area contributed by atoms with E-state index in [1.165, 1.54) is 19.2 Å². The highest BCUT2D eigenvalue weighted by Crippen LogP contribution is 2.21. The van der Waals surface area contributed by atoms with Gasteiger partial charge in [0.1, 0.15) is 12.4 Å². The molecule has 6 heteroatoms. The van der Waals surface area contributed by atoms with Crippen molar-refractivity contribution in [2.75, 3.05) is 12.8 Å². The number of hydrogen-bond donors (Lipinski definition) is 1. The van der Waals surface area contributed by atoms with E-state index in [1.54, 1.807) is 6.07 Å². The summed E-state index contributed by atoms with van der Waals surface area (Å²) in [6.07, 6.45) is 0. The largest absolute Gasteiger partial charge is 0.396 e. The van der Waals surface area contributed by atoms with Crippen LogP contribution in [-0.2, 0) is 11.3 Å². The lowest BCUT2D eigenvalue weighted by molar-refractivity contribution is 0.174. The highest BCUT2D eigenvalue weighted by atomic mass is 19.1.